The van der Waals surface area contributed by atoms with Crippen LogP contribution in [-0.2, 0) is 14.1 Å². The lowest BCUT2D eigenvalue weighted by Gasteiger charge is -2.06. The topological polar surface area (TPSA) is 86.5 Å². The third-order valence-corrected chi connectivity index (χ3v) is 4.23. The Bertz CT molecular complexity index is 1240. The third-order valence-electron chi connectivity index (χ3n) is 4.23. The van der Waals surface area contributed by atoms with Gasteiger partial charge in [-0.15, -0.1) is 0 Å². The molecule has 0 aliphatic heterocycles. The molecule has 8 nitrogen and oxygen atoms in total. The fourth-order valence-electron chi connectivity index (χ4n) is 3.04. The summed E-state index contributed by atoms with van der Waals surface area (Å²) in [6.07, 6.45) is 1.79. The van der Waals surface area contributed by atoms with Crippen LogP contribution < -0.4 is 11.2 Å². The molecule has 0 saturated carbocycles. The molecule has 0 unspecified atom stereocenters. The highest BCUT2D eigenvalue weighted by Gasteiger charge is 2.19. The molecule has 122 valence electrons. The number of phenolic OH excluding ortho intramolecular Hbond substituents is 1. The molecular formula is C16H15N5O3. The molecule has 0 bridgehead atoms. The first-order chi connectivity index (χ1) is 11.4. The molecular weight excluding hydrogens is 310 g/mol. The predicted molar refractivity (Wildman–Crippen MR) is 88.9 cm³/mol. The Morgan fingerprint density at radius 3 is 2.58 bits per heavy atom. The van der Waals surface area contributed by atoms with E-state index in [-0.39, 0.29) is 5.75 Å². The van der Waals surface area contributed by atoms with E-state index >= 15 is 0 Å². The number of fused-ring (bicyclic) bond motifs is 3. The Morgan fingerprint density at radius 1 is 1.12 bits per heavy atom. The monoisotopic (exact) mass is 325 g/mol. The molecule has 4 aromatic rings. The number of nitrogens with zero attached hydrogens (tertiary/aromatic N) is 5. The van der Waals surface area contributed by atoms with Gasteiger partial charge in [0.2, 0.25) is 5.78 Å². The quantitative estimate of drug-likeness (QED) is 0.558. The fourth-order valence-corrected chi connectivity index (χ4v) is 3.04. The maximum atomic E-state index is 12.5. The second-order valence-electron chi connectivity index (χ2n) is 5.79. The summed E-state index contributed by atoms with van der Waals surface area (Å²) in [6, 6.07) is 6.77. The van der Waals surface area contributed by atoms with Crippen LogP contribution in [0.25, 0.3) is 22.6 Å². The number of hydrogen-bond donors (Lipinski definition) is 1. The van der Waals surface area contributed by atoms with Crippen LogP contribution in [0.5, 0.6) is 5.75 Å². The first kappa shape index (κ1) is 14.3. The summed E-state index contributed by atoms with van der Waals surface area (Å²) in [6.45, 7) is 1.89. The maximum Gasteiger partial charge on any atom is 0.332 e. The van der Waals surface area contributed by atoms with Gasteiger partial charge in [-0.1, -0.05) is 6.07 Å². The number of phenols is 1. The molecule has 0 saturated heterocycles. The lowest BCUT2D eigenvalue weighted by Crippen LogP contribution is -2.37. The van der Waals surface area contributed by atoms with E-state index in [1.807, 2.05) is 17.6 Å². The molecule has 0 amide bonds. The van der Waals surface area contributed by atoms with E-state index in [9.17, 15) is 14.7 Å². The van der Waals surface area contributed by atoms with Crippen molar-refractivity contribution in [1.29, 1.82) is 0 Å². The Labute approximate surface area is 135 Å². The summed E-state index contributed by atoms with van der Waals surface area (Å²) in [7, 11) is 3.03. The molecule has 4 rings (SSSR count). The van der Waals surface area contributed by atoms with Gasteiger partial charge in [-0.3, -0.25) is 22.9 Å². The number of benzene rings is 1. The van der Waals surface area contributed by atoms with Gasteiger partial charge in [-0.25, -0.2) is 4.79 Å². The van der Waals surface area contributed by atoms with Crippen LogP contribution in [0.3, 0.4) is 0 Å². The molecule has 3 heterocycles. The number of hydrogen-bond acceptors (Lipinski definition) is 4. The zero-order chi connectivity index (χ0) is 17.2. The smallest absolute Gasteiger partial charge is 0.332 e. The molecule has 0 aliphatic rings. The van der Waals surface area contributed by atoms with Gasteiger partial charge in [0, 0.05) is 32.1 Å². The van der Waals surface area contributed by atoms with Crippen LogP contribution in [0.1, 0.15) is 5.69 Å². The van der Waals surface area contributed by atoms with Gasteiger partial charge >= 0.3 is 5.69 Å². The van der Waals surface area contributed by atoms with Crippen molar-refractivity contribution in [2.75, 3.05) is 0 Å². The number of aryl methyl sites for hydroxylation is 2. The average molecular weight is 325 g/mol. The third kappa shape index (κ3) is 1.70. The van der Waals surface area contributed by atoms with E-state index in [0.29, 0.717) is 16.9 Å². The number of imidazole rings is 2. The molecule has 3 aromatic heterocycles. The minimum Gasteiger partial charge on any atom is -0.508 e. The van der Waals surface area contributed by atoms with Crippen molar-refractivity contribution in [3.05, 3.63) is 57.0 Å². The van der Waals surface area contributed by atoms with Gasteiger partial charge in [-0.2, -0.15) is 4.98 Å². The molecule has 1 N–H and O–H groups in total. The number of rotatable bonds is 1. The largest absolute Gasteiger partial charge is 0.508 e. The summed E-state index contributed by atoms with van der Waals surface area (Å²) in [5, 5.41) is 9.74. The highest BCUT2D eigenvalue weighted by atomic mass is 16.3. The molecule has 0 fully saturated rings. The van der Waals surface area contributed by atoms with Crippen LogP contribution >= 0.6 is 0 Å². The van der Waals surface area contributed by atoms with Gasteiger partial charge in [0.15, 0.2) is 11.2 Å². The van der Waals surface area contributed by atoms with Gasteiger partial charge in [-0.05, 0) is 19.1 Å². The highest BCUT2D eigenvalue weighted by Crippen LogP contribution is 2.23. The van der Waals surface area contributed by atoms with E-state index in [0.717, 1.165) is 15.9 Å². The molecule has 0 aliphatic carbocycles. The van der Waals surface area contributed by atoms with Crippen LogP contribution in [0.4, 0.5) is 0 Å². The normalized spacial score (nSPS) is 11.6. The molecule has 0 spiro atoms. The van der Waals surface area contributed by atoms with E-state index in [1.165, 1.54) is 11.6 Å². The standard InChI is InChI=1S/C16H15N5O3/c1-9-8-20-12-13(18(2)16(24)19(3)14(12)23)17-15(20)21(9)10-5-4-6-11(22)7-10/h4-8,22H,1-3H3. The Morgan fingerprint density at radius 2 is 1.88 bits per heavy atom. The van der Waals surface area contributed by atoms with E-state index < -0.39 is 11.2 Å². The van der Waals surface area contributed by atoms with Crippen LogP contribution in [-0.4, -0.2) is 28.2 Å². The lowest BCUT2D eigenvalue weighted by molar-refractivity contribution is 0.475. The highest BCUT2D eigenvalue weighted by molar-refractivity contribution is 5.76. The van der Waals surface area contributed by atoms with Crippen molar-refractivity contribution in [1.82, 2.24) is 23.1 Å². The minimum atomic E-state index is -0.422. The van der Waals surface area contributed by atoms with Crippen molar-refractivity contribution in [2.45, 2.75) is 6.92 Å². The molecule has 0 radical (unpaired) electrons. The summed E-state index contributed by atoms with van der Waals surface area (Å²) < 4.78 is 5.92. The van der Waals surface area contributed by atoms with Crippen LogP contribution in [0.2, 0.25) is 0 Å². The zero-order valence-electron chi connectivity index (χ0n) is 13.4. The van der Waals surface area contributed by atoms with E-state index in [2.05, 4.69) is 4.98 Å². The van der Waals surface area contributed by atoms with Gasteiger partial charge in [0.1, 0.15) is 5.75 Å². The zero-order valence-corrected chi connectivity index (χ0v) is 13.4. The summed E-state index contributed by atoms with van der Waals surface area (Å²) >= 11 is 0. The SMILES string of the molecule is Cc1cn2c3c(=O)n(C)c(=O)n(C)c3nc2n1-c1cccc(O)c1. The molecule has 8 heteroatoms. The Balaban J connectivity index is 2.21. The number of aromatic hydroxyl groups is 1. The van der Waals surface area contributed by atoms with Crippen molar-refractivity contribution in [2.24, 2.45) is 14.1 Å². The van der Waals surface area contributed by atoms with E-state index in [1.54, 1.807) is 35.8 Å². The summed E-state index contributed by atoms with van der Waals surface area (Å²) in [5.41, 5.74) is 1.42. The van der Waals surface area contributed by atoms with Gasteiger partial charge in [0.25, 0.3) is 5.56 Å². The molecule has 1 aromatic carbocycles. The van der Waals surface area contributed by atoms with Crippen LogP contribution in [0, 0.1) is 6.92 Å². The van der Waals surface area contributed by atoms with Crippen LogP contribution in [0.15, 0.2) is 40.1 Å². The first-order valence-electron chi connectivity index (χ1n) is 7.35. The molecule has 0 atom stereocenters. The maximum absolute atomic E-state index is 12.5. The number of aromatic nitrogens is 5. The van der Waals surface area contributed by atoms with Gasteiger partial charge < -0.3 is 5.11 Å². The lowest BCUT2D eigenvalue weighted by atomic mass is 10.3. The van der Waals surface area contributed by atoms with Crippen molar-refractivity contribution in [3.63, 3.8) is 0 Å². The molecule has 24 heavy (non-hydrogen) atoms. The average Bonchev–Trinajstić information content (AvgIpc) is 3.05. The summed E-state index contributed by atoms with van der Waals surface area (Å²) in [5.74, 6) is 0.643. The summed E-state index contributed by atoms with van der Waals surface area (Å²) in [4.78, 5) is 29.1. The predicted octanol–water partition coefficient (Wildman–Crippen LogP) is 0.690. The van der Waals surface area contributed by atoms with Crippen molar-refractivity contribution >= 4 is 16.9 Å². The minimum absolute atomic E-state index is 0.137. The first-order valence-corrected chi connectivity index (χ1v) is 7.35. The second-order valence-corrected chi connectivity index (χ2v) is 5.79. The second kappa shape index (κ2) is 4.60. The Kier molecular flexibility index (Phi) is 2.75. The Hall–Kier alpha value is -3.29. The van der Waals surface area contributed by atoms with Gasteiger partial charge in [0.05, 0.1) is 5.69 Å². The van der Waals surface area contributed by atoms with Crippen molar-refractivity contribution < 1.29 is 5.11 Å². The van der Waals surface area contributed by atoms with Crippen molar-refractivity contribution in [3.8, 4) is 11.4 Å². The fraction of sp³-hybridized carbons (Fsp3) is 0.188. The van der Waals surface area contributed by atoms with E-state index in [4.69, 9.17) is 0 Å².